The van der Waals surface area contributed by atoms with Gasteiger partial charge in [-0.2, -0.15) is 4.98 Å². The molecule has 4 aliphatic rings. The molecular weight excluding hydrogens is 493 g/mol. The van der Waals surface area contributed by atoms with Crippen LogP contribution >= 0.6 is 11.6 Å². The van der Waals surface area contributed by atoms with Gasteiger partial charge in [-0.3, -0.25) is 0 Å². The highest BCUT2D eigenvalue weighted by Crippen LogP contribution is 2.40. The number of fused-ring (bicyclic) bond motifs is 3. The van der Waals surface area contributed by atoms with E-state index in [0.717, 1.165) is 18.4 Å². The lowest BCUT2D eigenvalue weighted by Gasteiger charge is -2.27. The molecule has 1 aromatic carbocycles. The highest BCUT2D eigenvalue weighted by molar-refractivity contribution is 6.31. The van der Waals surface area contributed by atoms with Crippen molar-refractivity contribution in [2.45, 2.75) is 55.7 Å². The maximum Gasteiger partial charge on any atom is 0.296 e. The van der Waals surface area contributed by atoms with Gasteiger partial charge in [0.15, 0.2) is 11.8 Å². The van der Waals surface area contributed by atoms with Crippen molar-refractivity contribution >= 4 is 22.8 Å². The predicted molar refractivity (Wildman–Crippen MR) is 125 cm³/mol. The van der Waals surface area contributed by atoms with Gasteiger partial charge in [-0.25, -0.2) is 9.37 Å². The molecule has 3 saturated heterocycles. The minimum Gasteiger partial charge on any atom is -0.485 e. The number of nitrogens with one attached hydrogen (secondary N) is 1. The summed E-state index contributed by atoms with van der Waals surface area (Å²) in [4.78, 5) is 12.2. The third-order valence-electron chi connectivity index (χ3n) is 7.43. The van der Waals surface area contributed by atoms with Crippen molar-refractivity contribution in [1.82, 2.24) is 15.0 Å². The molecular formula is C25H25ClFN3O6. The largest absolute Gasteiger partial charge is 0.485 e. The van der Waals surface area contributed by atoms with E-state index in [1.807, 2.05) is 6.07 Å². The average Bonchev–Trinajstić information content (AvgIpc) is 3.58. The molecule has 0 bridgehead atoms. The first-order valence-electron chi connectivity index (χ1n) is 12.2. The highest BCUT2D eigenvalue weighted by Gasteiger charge is 2.48. The Bertz CT molecular complexity index is 1320. The molecule has 1 unspecified atom stereocenters. The summed E-state index contributed by atoms with van der Waals surface area (Å²) in [5.41, 5.74) is 3.46. The molecule has 5 heterocycles. The number of pyridine rings is 1. The number of aliphatic hydroxyl groups is 1. The molecule has 2 N–H and O–H groups in total. The van der Waals surface area contributed by atoms with Crippen LogP contribution in [0.3, 0.4) is 0 Å². The number of nitrogens with zero attached hydrogens (tertiary/aromatic N) is 2. The number of H-pyrrole nitrogens is 1. The van der Waals surface area contributed by atoms with Gasteiger partial charge in [0.05, 0.1) is 42.7 Å². The minimum absolute atomic E-state index is 0.00277. The molecule has 190 valence electrons. The molecule has 3 aromatic rings. The molecule has 3 aliphatic heterocycles. The Morgan fingerprint density at radius 1 is 1.08 bits per heavy atom. The monoisotopic (exact) mass is 517 g/mol. The Morgan fingerprint density at radius 2 is 1.94 bits per heavy atom. The van der Waals surface area contributed by atoms with Crippen LogP contribution in [0.2, 0.25) is 5.02 Å². The number of halogens is 2. The van der Waals surface area contributed by atoms with Gasteiger partial charge in [0.2, 0.25) is 0 Å². The predicted octanol–water partition coefficient (Wildman–Crippen LogP) is 2.71. The maximum absolute atomic E-state index is 15.1. The van der Waals surface area contributed by atoms with Crippen LogP contribution in [-0.2, 0) is 27.1 Å². The van der Waals surface area contributed by atoms with E-state index in [1.54, 1.807) is 6.07 Å². The zero-order valence-electron chi connectivity index (χ0n) is 19.3. The van der Waals surface area contributed by atoms with E-state index < -0.39 is 6.10 Å². The summed E-state index contributed by atoms with van der Waals surface area (Å²) in [5.74, 6) is 0.268. The molecule has 0 spiro atoms. The SMILES string of the molecule is O[C@@H]1CO[C@H]2[C@@H]1OC[C@H]2Oc1nc2nc(CC3CCc4cc(OC5COC5)cc(F)c43)c(Cl)cc2[nH]1. The fourth-order valence-electron chi connectivity index (χ4n) is 5.59. The third-order valence-corrected chi connectivity index (χ3v) is 7.76. The van der Waals surface area contributed by atoms with Gasteiger partial charge < -0.3 is 33.8 Å². The van der Waals surface area contributed by atoms with Crippen LogP contribution in [0.1, 0.15) is 29.2 Å². The fraction of sp³-hybridized carbons (Fsp3) is 0.520. The quantitative estimate of drug-likeness (QED) is 0.514. The van der Waals surface area contributed by atoms with E-state index >= 15 is 4.39 Å². The summed E-state index contributed by atoms with van der Waals surface area (Å²) < 4.78 is 43.2. The summed E-state index contributed by atoms with van der Waals surface area (Å²) in [5, 5.41) is 10.4. The molecule has 11 heteroatoms. The highest BCUT2D eigenvalue weighted by atomic mass is 35.5. The first kappa shape index (κ1) is 22.7. The molecule has 0 saturated carbocycles. The Labute approximate surface area is 210 Å². The number of aromatic amines is 1. The van der Waals surface area contributed by atoms with Gasteiger partial charge in [0.25, 0.3) is 6.01 Å². The molecule has 0 radical (unpaired) electrons. The Balaban J connectivity index is 1.09. The van der Waals surface area contributed by atoms with E-state index in [0.29, 0.717) is 59.4 Å². The zero-order valence-corrected chi connectivity index (χ0v) is 20.0. The second-order valence-corrected chi connectivity index (χ2v) is 10.3. The summed E-state index contributed by atoms with van der Waals surface area (Å²) >= 11 is 6.58. The van der Waals surface area contributed by atoms with Gasteiger partial charge in [0.1, 0.15) is 36.0 Å². The molecule has 1 aliphatic carbocycles. The molecule has 36 heavy (non-hydrogen) atoms. The number of benzene rings is 1. The first-order valence-corrected chi connectivity index (χ1v) is 12.6. The van der Waals surface area contributed by atoms with Crippen LogP contribution < -0.4 is 9.47 Å². The Kier molecular flexibility index (Phi) is 5.55. The Morgan fingerprint density at radius 3 is 2.78 bits per heavy atom. The lowest BCUT2D eigenvalue weighted by atomic mass is 9.95. The van der Waals surface area contributed by atoms with E-state index in [2.05, 4.69) is 15.0 Å². The van der Waals surface area contributed by atoms with Crippen molar-refractivity contribution in [3.8, 4) is 11.8 Å². The first-order chi connectivity index (χ1) is 17.5. The van der Waals surface area contributed by atoms with Crippen LogP contribution in [0.5, 0.6) is 11.8 Å². The van der Waals surface area contributed by atoms with Gasteiger partial charge in [0, 0.05) is 6.07 Å². The van der Waals surface area contributed by atoms with Crippen molar-refractivity contribution in [3.05, 3.63) is 45.9 Å². The van der Waals surface area contributed by atoms with E-state index in [1.165, 1.54) is 6.07 Å². The lowest BCUT2D eigenvalue weighted by molar-refractivity contribution is -0.0797. The molecule has 7 rings (SSSR count). The molecule has 2 aromatic heterocycles. The molecule has 3 fully saturated rings. The van der Waals surface area contributed by atoms with Crippen LogP contribution in [0.25, 0.3) is 11.2 Å². The summed E-state index contributed by atoms with van der Waals surface area (Å²) in [7, 11) is 0. The van der Waals surface area contributed by atoms with Gasteiger partial charge in [-0.15, -0.1) is 0 Å². The van der Waals surface area contributed by atoms with Crippen molar-refractivity contribution in [2.75, 3.05) is 26.4 Å². The number of hydrogen-bond acceptors (Lipinski definition) is 8. The molecule has 9 nitrogen and oxygen atoms in total. The van der Waals surface area contributed by atoms with E-state index in [9.17, 15) is 5.11 Å². The number of rotatable bonds is 6. The maximum atomic E-state index is 15.1. The summed E-state index contributed by atoms with van der Waals surface area (Å²) in [6, 6.07) is 5.46. The summed E-state index contributed by atoms with van der Waals surface area (Å²) in [6.07, 6.45) is 0.326. The van der Waals surface area contributed by atoms with Crippen molar-refractivity contribution in [3.63, 3.8) is 0 Å². The number of aliphatic hydroxyl groups excluding tert-OH is 1. The van der Waals surface area contributed by atoms with E-state index in [-0.39, 0.29) is 48.8 Å². The second kappa shape index (κ2) is 8.81. The van der Waals surface area contributed by atoms with Crippen molar-refractivity contribution in [1.29, 1.82) is 0 Å². The zero-order chi connectivity index (χ0) is 24.4. The number of hydrogen-bond donors (Lipinski definition) is 2. The normalized spacial score (nSPS) is 29.4. The standard InChI is InChI=1S/C25H25ClFN3O6/c26-15-6-18-24(30-25(29-18)36-20-10-34-22-19(31)9-33-23(20)22)28-17(15)4-12-2-1-11-3-13(5-16(27)21(11)12)35-14-7-32-8-14/h3,5-6,12,14,19-20,22-23,31H,1-2,4,7-10H2,(H,28,29,30)/t12?,19-,20-,22-,23-/m1/s1. The van der Waals surface area contributed by atoms with Crippen LogP contribution in [0.15, 0.2) is 18.2 Å². The number of aryl methyl sites for hydroxylation is 1. The minimum atomic E-state index is -0.649. The van der Waals surface area contributed by atoms with Crippen molar-refractivity contribution in [2.24, 2.45) is 0 Å². The Hall–Kier alpha value is -2.50. The number of ether oxygens (including phenoxy) is 5. The van der Waals surface area contributed by atoms with Crippen molar-refractivity contribution < 1.29 is 33.2 Å². The smallest absolute Gasteiger partial charge is 0.296 e. The number of aromatic nitrogens is 3. The third kappa shape index (κ3) is 3.92. The van der Waals surface area contributed by atoms with Crippen LogP contribution in [0, 0.1) is 5.82 Å². The van der Waals surface area contributed by atoms with E-state index in [4.69, 9.17) is 35.3 Å². The van der Waals surface area contributed by atoms with Gasteiger partial charge in [-0.05, 0) is 48.4 Å². The molecule has 5 atom stereocenters. The van der Waals surface area contributed by atoms with Crippen LogP contribution in [-0.4, -0.2) is 77.0 Å². The molecule has 0 amide bonds. The topological polar surface area (TPSA) is 108 Å². The van der Waals surface area contributed by atoms with Gasteiger partial charge >= 0.3 is 0 Å². The second-order valence-electron chi connectivity index (χ2n) is 9.84. The number of imidazole rings is 1. The summed E-state index contributed by atoms with van der Waals surface area (Å²) in [6.45, 7) is 1.61. The van der Waals surface area contributed by atoms with Gasteiger partial charge in [-0.1, -0.05) is 11.6 Å². The van der Waals surface area contributed by atoms with Crippen LogP contribution in [0.4, 0.5) is 4.39 Å². The fourth-order valence-corrected chi connectivity index (χ4v) is 5.81. The average molecular weight is 518 g/mol. The lowest BCUT2D eigenvalue weighted by Crippen LogP contribution is -2.38.